The number of imidazole rings is 1. The predicted molar refractivity (Wildman–Crippen MR) is 111 cm³/mol. The highest BCUT2D eigenvalue weighted by molar-refractivity contribution is 7.91. The number of anilines is 1. The first-order valence-electron chi connectivity index (χ1n) is 9.65. The number of aromatic nitrogens is 4. The van der Waals surface area contributed by atoms with Crippen LogP contribution in [0.3, 0.4) is 0 Å². The Labute approximate surface area is 174 Å². The van der Waals surface area contributed by atoms with Crippen LogP contribution in [0.25, 0.3) is 5.82 Å². The molecule has 1 fully saturated rings. The molecule has 1 aliphatic heterocycles. The smallest absolute Gasteiger partial charge is 0.223 e. The molecule has 3 aromatic rings. The third-order valence-electron chi connectivity index (χ3n) is 5.05. The van der Waals surface area contributed by atoms with Gasteiger partial charge in [-0.3, -0.25) is 9.36 Å². The molecular weight excluding hydrogens is 404 g/mol. The van der Waals surface area contributed by atoms with Gasteiger partial charge in [0.1, 0.15) is 6.33 Å². The van der Waals surface area contributed by atoms with Gasteiger partial charge in [-0.1, -0.05) is 18.2 Å². The summed E-state index contributed by atoms with van der Waals surface area (Å²) in [6.07, 6.45) is 5.12. The van der Waals surface area contributed by atoms with Gasteiger partial charge >= 0.3 is 0 Å². The van der Waals surface area contributed by atoms with Crippen molar-refractivity contribution in [2.75, 3.05) is 36.8 Å². The van der Waals surface area contributed by atoms with Crippen LogP contribution in [0.4, 0.5) is 5.82 Å². The lowest BCUT2D eigenvalue weighted by Gasteiger charge is -2.35. The van der Waals surface area contributed by atoms with Crippen LogP contribution in [0.15, 0.2) is 66.1 Å². The second-order valence-corrected chi connectivity index (χ2v) is 9.08. The van der Waals surface area contributed by atoms with Crippen LogP contribution in [0.5, 0.6) is 0 Å². The van der Waals surface area contributed by atoms with E-state index in [0.29, 0.717) is 32.0 Å². The van der Waals surface area contributed by atoms with Crippen LogP contribution in [-0.2, 0) is 14.6 Å². The summed E-state index contributed by atoms with van der Waals surface area (Å²) in [4.78, 5) is 20.5. The summed E-state index contributed by atoms with van der Waals surface area (Å²) in [5, 5.41) is 8.49. The number of piperazine rings is 1. The minimum atomic E-state index is -3.45. The molecule has 9 nitrogen and oxygen atoms in total. The Balaban J connectivity index is 1.29. The Bertz CT molecular complexity index is 1080. The molecule has 10 heteroatoms. The van der Waals surface area contributed by atoms with E-state index < -0.39 is 9.84 Å². The first-order valence-corrected chi connectivity index (χ1v) is 11.3. The third kappa shape index (κ3) is 4.48. The number of benzene rings is 1. The molecule has 1 amide bonds. The van der Waals surface area contributed by atoms with Gasteiger partial charge in [-0.15, -0.1) is 10.2 Å². The zero-order chi connectivity index (χ0) is 21.0. The molecule has 156 valence electrons. The molecule has 0 saturated carbocycles. The monoisotopic (exact) mass is 426 g/mol. The van der Waals surface area contributed by atoms with Crippen molar-refractivity contribution < 1.29 is 13.2 Å². The van der Waals surface area contributed by atoms with Gasteiger partial charge in [-0.05, 0) is 24.3 Å². The summed E-state index contributed by atoms with van der Waals surface area (Å²) < 4.78 is 26.5. The van der Waals surface area contributed by atoms with Gasteiger partial charge in [0, 0.05) is 45.0 Å². The van der Waals surface area contributed by atoms with E-state index in [2.05, 4.69) is 20.1 Å². The van der Waals surface area contributed by atoms with E-state index in [9.17, 15) is 13.2 Å². The summed E-state index contributed by atoms with van der Waals surface area (Å²) in [5.74, 6) is 1.11. The summed E-state index contributed by atoms with van der Waals surface area (Å²) in [5.41, 5.74) is 0. The van der Waals surface area contributed by atoms with Crippen LogP contribution >= 0.6 is 0 Å². The molecule has 3 heterocycles. The van der Waals surface area contributed by atoms with Crippen molar-refractivity contribution in [3.8, 4) is 5.82 Å². The van der Waals surface area contributed by atoms with Crippen LogP contribution < -0.4 is 4.90 Å². The summed E-state index contributed by atoms with van der Waals surface area (Å²) in [6.45, 7) is 2.29. The lowest BCUT2D eigenvalue weighted by Crippen LogP contribution is -2.49. The Kier molecular flexibility index (Phi) is 5.75. The number of carbonyl (C=O) groups is 1. The Morgan fingerprint density at radius 2 is 1.63 bits per heavy atom. The third-order valence-corrected chi connectivity index (χ3v) is 6.78. The molecule has 0 atom stereocenters. The van der Waals surface area contributed by atoms with E-state index >= 15 is 0 Å². The quantitative estimate of drug-likeness (QED) is 0.583. The van der Waals surface area contributed by atoms with Gasteiger partial charge in [0.05, 0.1) is 10.6 Å². The standard InChI is InChI=1S/C20H22N6O3S/c27-20(8-15-30(28,29)17-4-2-1-3-5-17)25-13-11-24(12-14-25)18-6-7-19(23-22-18)26-10-9-21-16-26/h1-7,9-10,16H,8,11-15H2. The van der Waals surface area contributed by atoms with Crippen molar-refractivity contribution in [1.82, 2.24) is 24.6 Å². The SMILES string of the molecule is O=C(CCS(=O)(=O)c1ccccc1)N1CCN(c2ccc(-n3ccnc3)nn2)CC1. The van der Waals surface area contributed by atoms with Gasteiger partial charge < -0.3 is 9.80 Å². The van der Waals surface area contributed by atoms with Crippen LogP contribution in [0, 0.1) is 0 Å². The van der Waals surface area contributed by atoms with Crippen molar-refractivity contribution in [2.45, 2.75) is 11.3 Å². The maximum absolute atomic E-state index is 12.5. The number of amides is 1. The second-order valence-electron chi connectivity index (χ2n) is 6.97. The van der Waals surface area contributed by atoms with E-state index in [1.54, 1.807) is 58.5 Å². The summed E-state index contributed by atoms with van der Waals surface area (Å²) >= 11 is 0. The lowest BCUT2D eigenvalue weighted by molar-refractivity contribution is -0.131. The maximum Gasteiger partial charge on any atom is 0.223 e. The number of hydrogen-bond acceptors (Lipinski definition) is 7. The fourth-order valence-corrected chi connectivity index (χ4v) is 4.58. The van der Waals surface area contributed by atoms with Gasteiger partial charge in [0.25, 0.3) is 0 Å². The van der Waals surface area contributed by atoms with Crippen LogP contribution in [0.2, 0.25) is 0 Å². The molecular formula is C20H22N6O3S. The molecule has 1 aromatic carbocycles. The fourth-order valence-electron chi connectivity index (χ4n) is 3.33. The Morgan fingerprint density at radius 1 is 0.933 bits per heavy atom. The lowest BCUT2D eigenvalue weighted by atomic mass is 10.3. The van der Waals surface area contributed by atoms with Crippen molar-refractivity contribution in [2.24, 2.45) is 0 Å². The highest BCUT2D eigenvalue weighted by Crippen LogP contribution is 2.16. The normalized spacial score (nSPS) is 14.7. The van der Waals surface area contributed by atoms with Crippen LogP contribution in [0.1, 0.15) is 6.42 Å². The number of hydrogen-bond donors (Lipinski definition) is 0. The molecule has 0 aliphatic carbocycles. The molecule has 0 radical (unpaired) electrons. The van der Waals surface area contributed by atoms with E-state index in [1.165, 1.54) is 0 Å². The van der Waals surface area contributed by atoms with E-state index in [-0.39, 0.29) is 23.0 Å². The molecule has 0 bridgehead atoms. The Morgan fingerprint density at radius 3 is 2.27 bits per heavy atom. The predicted octanol–water partition coefficient (Wildman–Crippen LogP) is 1.17. The average molecular weight is 427 g/mol. The van der Waals surface area contributed by atoms with E-state index in [4.69, 9.17) is 0 Å². The van der Waals surface area contributed by atoms with Crippen molar-refractivity contribution in [3.63, 3.8) is 0 Å². The molecule has 0 unspecified atom stereocenters. The van der Waals surface area contributed by atoms with Crippen molar-refractivity contribution in [1.29, 1.82) is 0 Å². The molecule has 30 heavy (non-hydrogen) atoms. The minimum absolute atomic E-state index is 0.0172. The second kappa shape index (κ2) is 8.62. The number of rotatable bonds is 6. The Hall–Kier alpha value is -3.27. The van der Waals surface area contributed by atoms with E-state index in [0.717, 1.165) is 5.82 Å². The fraction of sp³-hybridized carbons (Fsp3) is 0.300. The first-order chi connectivity index (χ1) is 14.5. The number of nitrogens with zero attached hydrogens (tertiary/aromatic N) is 6. The average Bonchev–Trinajstić information content (AvgIpc) is 3.33. The minimum Gasteiger partial charge on any atom is -0.352 e. The van der Waals surface area contributed by atoms with Gasteiger partial charge in [0.2, 0.25) is 5.91 Å². The summed E-state index contributed by atoms with van der Waals surface area (Å²) in [7, 11) is -3.45. The highest BCUT2D eigenvalue weighted by atomic mass is 32.2. The van der Waals surface area contributed by atoms with Crippen molar-refractivity contribution >= 4 is 21.6 Å². The van der Waals surface area contributed by atoms with E-state index in [1.807, 2.05) is 12.1 Å². The number of carbonyl (C=O) groups excluding carboxylic acids is 1. The van der Waals surface area contributed by atoms with Gasteiger partial charge in [0.15, 0.2) is 21.5 Å². The molecule has 1 aliphatic rings. The topological polar surface area (TPSA) is 101 Å². The zero-order valence-corrected chi connectivity index (χ0v) is 17.1. The maximum atomic E-state index is 12.5. The molecule has 1 saturated heterocycles. The van der Waals surface area contributed by atoms with Crippen LogP contribution in [-0.4, -0.2) is 70.9 Å². The first kappa shape index (κ1) is 20.0. The molecule has 4 rings (SSSR count). The molecule has 0 N–H and O–H groups in total. The van der Waals surface area contributed by atoms with Crippen molar-refractivity contribution in [3.05, 3.63) is 61.2 Å². The largest absolute Gasteiger partial charge is 0.352 e. The van der Waals surface area contributed by atoms with Gasteiger partial charge in [-0.2, -0.15) is 0 Å². The number of sulfone groups is 1. The summed E-state index contributed by atoms with van der Waals surface area (Å²) in [6, 6.07) is 12.0. The highest BCUT2D eigenvalue weighted by Gasteiger charge is 2.24. The van der Waals surface area contributed by atoms with Gasteiger partial charge in [-0.25, -0.2) is 13.4 Å². The molecule has 2 aromatic heterocycles. The molecule has 0 spiro atoms. The zero-order valence-electron chi connectivity index (χ0n) is 16.3.